The van der Waals surface area contributed by atoms with Gasteiger partial charge < -0.3 is 14.7 Å². The van der Waals surface area contributed by atoms with E-state index in [4.69, 9.17) is 4.52 Å². The lowest BCUT2D eigenvalue weighted by Crippen LogP contribution is -2.44. The van der Waals surface area contributed by atoms with Crippen molar-refractivity contribution in [2.75, 3.05) is 38.1 Å². The largest absolute Gasteiger partial charge is 0.339 e. The molecule has 2 aliphatic rings. The molecule has 150 valence electrons. The molecule has 7 nitrogen and oxygen atoms in total. The van der Waals surface area contributed by atoms with Gasteiger partial charge in [0.15, 0.2) is 5.82 Å². The van der Waals surface area contributed by atoms with Crippen LogP contribution in [0.4, 0.5) is 5.69 Å². The third-order valence-corrected chi connectivity index (χ3v) is 6.11. The SMILES string of the molecule is CCC(C)c1ccccc1N1CC(c2nc(C3CNCCN3C)no2)CC1=O. The normalized spacial score (nSPS) is 24.7. The average molecular weight is 383 g/mol. The summed E-state index contributed by atoms with van der Waals surface area (Å²) >= 11 is 0. The molecular weight excluding hydrogens is 354 g/mol. The summed E-state index contributed by atoms with van der Waals surface area (Å²) in [7, 11) is 2.08. The molecular formula is C21H29N5O2. The van der Waals surface area contributed by atoms with E-state index in [9.17, 15) is 4.79 Å². The van der Waals surface area contributed by atoms with Crippen molar-refractivity contribution in [3.05, 3.63) is 41.5 Å². The van der Waals surface area contributed by atoms with Crippen molar-refractivity contribution in [2.45, 2.75) is 44.6 Å². The summed E-state index contributed by atoms with van der Waals surface area (Å²) in [5.41, 5.74) is 2.24. The summed E-state index contributed by atoms with van der Waals surface area (Å²) in [5, 5.41) is 7.59. The van der Waals surface area contributed by atoms with Gasteiger partial charge in [0.2, 0.25) is 11.8 Å². The summed E-state index contributed by atoms with van der Waals surface area (Å²) in [6, 6.07) is 8.33. The number of nitrogens with one attached hydrogen (secondary N) is 1. The van der Waals surface area contributed by atoms with Crippen LogP contribution in [0.15, 0.2) is 28.8 Å². The summed E-state index contributed by atoms with van der Waals surface area (Å²) in [5.74, 6) is 1.76. The molecule has 0 spiro atoms. The predicted molar refractivity (Wildman–Crippen MR) is 107 cm³/mol. The number of nitrogens with zero attached hydrogens (tertiary/aromatic N) is 4. The van der Waals surface area contributed by atoms with E-state index in [1.54, 1.807) is 0 Å². The molecule has 0 saturated carbocycles. The molecule has 2 aromatic rings. The standard InChI is InChI=1S/C21H29N5O2/c1-4-14(2)16-7-5-6-8-17(16)26-13-15(11-19(26)27)21-23-20(24-28-21)18-12-22-9-10-25(18)3/h5-8,14-15,18,22H,4,9-13H2,1-3H3. The second-order valence-corrected chi connectivity index (χ2v) is 7.96. The predicted octanol–water partition coefficient (Wildman–Crippen LogP) is 2.68. The Bertz CT molecular complexity index is 836. The smallest absolute Gasteiger partial charge is 0.232 e. The highest BCUT2D eigenvalue weighted by Gasteiger charge is 2.37. The molecule has 2 aliphatic heterocycles. The Hall–Kier alpha value is -2.25. The van der Waals surface area contributed by atoms with Crippen LogP contribution in [0.3, 0.4) is 0 Å². The molecule has 4 rings (SSSR count). The van der Waals surface area contributed by atoms with Gasteiger partial charge in [-0.2, -0.15) is 4.98 Å². The fourth-order valence-corrected chi connectivity index (χ4v) is 4.12. The number of piperazine rings is 1. The summed E-state index contributed by atoms with van der Waals surface area (Å²) in [6.45, 7) is 7.71. The molecule has 0 bridgehead atoms. The number of para-hydroxylation sites is 1. The summed E-state index contributed by atoms with van der Waals surface area (Å²) < 4.78 is 5.59. The molecule has 1 aromatic heterocycles. The first-order chi connectivity index (χ1) is 13.6. The van der Waals surface area contributed by atoms with E-state index < -0.39 is 0 Å². The highest BCUT2D eigenvalue weighted by Crippen LogP contribution is 2.36. The Morgan fingerprint density at radius 3 is 2.96 bits per heavy atom. The Morgan fingerprint density at radius 2 is 2.18 bits per heavy atom. The Morgan fingerprint density at radius 1 is 1.36 bits per heavy atom. The fraction of sp³-hybridized carbons (Fsp3) is 0.571. The van der Waals surface area contributed by atoms with Crippen LogP contribution in [-0.2, 0) is 4.79 Å². The van der Waals surface area contributed by atoms with Gasteiger partial charge in [0.05, 0.1) is 12.0 Å². The van der Waals surface area contributed by atoms with Crippen molar-refractivity contribution in [3.8, 4) is 0 Å². The molecule has 1 aromatic carbocycles. The van der Waals surface area contributed by atoms with Gasteiger partial charge in [-0.3, -0.25) is 9.69 Å². The number of hydrogen-bond donors (Lipinski definition) is 1. The molecule has 7 heteroatoms. The van der Waals surface area contributed by atoms with E-state index in [-0.39, 0.29) is 17.9 Å². The molecule has 2 saturated heterocycles. The quantitative estimate of drug-likeness (QED) is 0.856. The van der Waals surface area contributed by atoms with Crippen LogP contribution in [0.1, 0.15) is 61.8 Å². The van der Waals surface area contributed by atoms with Crippen LogP contribution < -0.4 is 10.2 Å². The maximum Gasteiger partial charge on any atom is 0.232 e. The second kappa shape index (κ2) is 8.01. The van der Waals surface area contributed by atoms with E-state index in [1.807, 2.05) is 23.1 Å². The number of hydrogen-bond acceptors (Lipinski definition) is 6. The van der Waals surface area contributed by atoms with Gasteiger partial charge in [-0.1, -0.05) is 37.2 Å². The molecule has 0 aliphatic carbocycles. The lowest BCUT2D eigenvalue weighted by molar-refractivity contribution is -0.117. The first kappa shape index (κ1) is 19.1. The van der Waals surface area contributed by atoms with E-state index in [1.165, 1.54) is 5.56 Å². The third-order valence-electron chi connectivity index (χ3n) is 6.11. The van der Waals surface area contributed by atoms with Gasteiger partial charge in [0.25, 0.3) is 0 Å². The fourth-order valence-electron chi connectivity index (χ4n) is 4.12. The van der Waals surface area contributed by atoms with Crippen molar-refractivity contribution >= 4 is 11.6 Å². The number of carbonyl (C=O) groups is 1. The van der Waals surface area contributed by atoms with E-state index >= 15 is 0 Å². The average Bonchev–Trinajstić information content (AvgIpc) is 3.34. The van der Waals surface area contributed by atoms with Crippen molar-refractivity contribution in [2.24, 2.45) is 0 Å². The van der Waals surface area contributed by atoms with Crippen LogP contribution in [0.2, 0.25) is 0 Å². The zero-order valence-electron chi connectivity index (χ0n) is 16.9. The van der Waals surface area contributed by atoms with Gasteiger partial charge in [-0.05, 0) is 31.0 Å². The van der Waals surface area contributed by atoms with E-state index in [0.29, 0.717) is 30.6 Å². The zero-order valence-corrected chi connectivity index (χ0v) is 16.9. The summed E-state index contributed by atoms with van der Waals surface area (Å²) in [4.78, 5) is 21.6. The lowest BCUT2D eigenvalue weighted by Gasteiger charge is -2.30. The molecule has 3 unspecified atom stereocenters. The van der Waals surface area contributed by atoms with Gasteiger partial charge in [0, 0.05) is 38.3 Å². The van der Waals surface area contributed by atoms with E-state index in [2.05, 4.69) is 47.3 Å². The van der Waals surface area contributed by atoms with Crippen LogP contribution in [0, 0.1) is 0 Å². The maximum atomic E-state index is 12.8. The zero-order chi connectivity index (χ0) is 19.7. The minimum atomic E-state index is -0.0550. The van der Waals surface area contributed by atoms with Gasteiger partial charge in [0.1, 0.15) is 0 Å². The molecule has 2 fully saturated rings. The van der Waals surface area contributed by atoms with Crippen LogP contribution in [0.25, 0.3) is 0 Å². The van der Waals surface area contributed by atoms with Gasteiger partial charge >= 0.3 is 0 Å². The van der Waals surface area contributed by atoms with E-state index in [0.717, 1.165) is 31.7 Å². The highest BCUT2D eigenvalue weighted by atomic mass is 16.5. The number of rotatable bonds is 5. The van der Waals surface area contributed by atoms with Crippen molar-refractivity contribution < 1.29 is 9.32 Å². The Balaban J connectivity index is 1.53. The topological polar surface area (TPSA) is 74.5 Å². The molecule has 28 heavy (non-hydrogen) atoms. The maximum absolute atomic E-state index is 12.8. The summed E-state index contributed by atoms with van der Waals surface area (Å²) in [6.07, 6.45) is 1.45. The highest BCUT2D eigenvalue weighted by molar-refractivity contribution is 5.97. The van der Waals surface area contributed by atoms with Crippen molar-refractivity contribution in [1.82, 2.24) is 20.4 Å². The van der Waals surface area contributed by atoms with Crippen LogP contribution >= 0.6 is 0 Å². The monoisotopic (exact) mass is 383 g/mol. The Labute approximate surface area is 166 Å². The van der Waals surface area contributed by atoms with Crippen molar-refractivity contribution in [1.29, 1.82) is 0 Å². The number of aromatic nitrogens is 2. The van der Waals surface area contributed by atoms with Gasteiger partial charge in [-0.25, -0.2) is 0 Å². The number of anilines is 1. The second-order valence-electron chi connectivity index (χ2n) is 7.96. The molecule has 1 amide bonds. The minimum absolute atomic E-state index is 0.0550. The van der Waals surface area contributed by atoms with Crippen LogP contribution in [0.5, 0.6) is 0 Å². The first-order valence-electron chi connectivity index (χ1n) is 10.2. The van der Waals surface area contributed by atoms with Gasteiger partial charge in [-0.15, -0.1) is 0 Å². The molecule has 3 heterocycles. The number of amides is 1. The minimum Gasteiger partial charge on any atom is -0.339 e. The number of carbonyl (C=O) groups excluding carboxylic acids is 1. The molecule has 0 radical (unpaired) electrons. The number of likely N-dealkylation sites (N-methyl/N-ethyl adjacent to an activating group) is 1. The Kier molecular flexibility index (Phi) is 5.46. The lowest BCUT2D eigenvalue weighted by atomic mass is 9.96. The van der Waals surface area contributed by atoms with Crippen molar-refractivity contribution in [3.63, 3.8) is 0 Å². The molecule has 3 atom stereocenters. The van der Waals surface area contributed by atoms with Crippen LogP contribution in [-0.4, -0.2) is 54.2 Å². The molecule has 1 N–H and O–H groups in total. The first-order valence-corrected chi connectivity index (χ1v) is 10.2. The number of benzene rings is 1. The third kappa shape index (κ3) is 3.56.